The number of aromatic nitrogens is 1. The van der Waals surface area contributed by atoms with Crippen molar-refractivity contribution < 1.29 is 32.5 Å². The van der Waals surface area contributed by atoms with Gasteiger partial charge in [0.2, 0.25) is 0 Å². The highest BCUT2D eigenvalue weighted by molar-refractivity contribution is 5.93. The van der Waals surface area contributed by atoms with Gasteiger partial charge in [0.25, 0.3) is 0 Å². The van der Waals surface area contributed by atoms with Gasteiger partial charge in [0.05, 0.1) is 11.1 Å². The fourth-order valence-electron chi connectivity index (χ4n) is 5.78. The van der Waals surface area contributed by atoms with Crippen LogP contribution in [0.1, 0.15) is 51.5 Å². The highest BCUT2D eigenvalue weighted by atomic mass is 19.2. The summed E-state index contributed by atoms with van der Waals surface area (Å²) in [6.07, 6.45) is 1.68. The Kier molecular flexibility index (Phi) is 7.71. The highest BCUT2D eigenvalue weighted by Crippen LogP contribution is 2.43. The number of benzene rings is 4. The first-order chi connectivity index (χ1) is 20.4. The first kappa shape index (κ1) is 27.6. The number of carboxylic acids is 1. The molecule has 214 valence electrons. The number of carbonyl (C=O) groups is 1. The number of aromatic carboxylic acids is 1. The largest absolute Gasteiger partial charge is 0.488 e. The van der Waals surface area contributed by atoms with Gasteiger partial charge in [0.1, 0.15) is 18.2 Å². The van der Waals surface area contributed by atoms with E-state index in [9.17, 15) is 23.1 Å². The molecule has 5 nitrogen and oxygen atoms in total. The zero-order chi connectivity index (χ0) is 29.2. The van der Waals surface area contributed by atoms with Crippen molar-refractivity contribution in [2.75, 3.05) is 13.2 Å². The molecule has 1 N–H and O–H groups in total. The number of halogens is 3. The Hall–Kier alpha value is -4.56. The van der Waals surface area contributed by atoms with Crippen LogP contribution in [-0.2, 0) is 17.8 Å². The van der Waals surface area contributed by atoms with Gasteiger partial charge < -0.3 is 19.1 Å². The van der Waals surface area contributed by atoms with Gasteiger partial charge in [-0.1, -0.05) is 42.5 Å². The minimum Gasteiger partial charge on any atom is -0.488 e. The molecule has 0 unspecified atom stereocenters. The molecule has 8 heteroatoms. The van der Waals surface area contributed by atoms with Crippen LogP contribution in [-0.4, -0.2) is 28.9 Å². The zero-order valence-corrected chi connectivity index (χ0v) is 22.7. The topological polar surface area (TPSA) is 60.7 Å². The first-order valence-electron chi connectivity index (χ1n) is 13.8. The summed E-state index contributed by atoms with van der Waals surface area (Å²) in [5.74, 6) is -3.45. The average molecular weight is 572 g/mol. The maximum absolute atomic E-state index is 14.8. The Morgan fingerprint density at radius 1 is 0.857 bits per heavy atom. The van der Waals surface area contributed by atoms with Gasteiger partial charge in [0.15, 0.2) is 11.6 Å². The number of hydrogen-bond acceptors (Lipinski definition) is 3. The Morgan fingerprint density at radius 2 is 1.64 bits per heavy atom. The summed E-state index contributed by atoms with van der Waals surface area (Å²) in [4.78, 5) is 11.4. The average Bonchev–Trinajstić information content (AvgIpc) is 3.32. The smallest absolute Gasteiger partial charge is 0.338 e. The molecule has 42 heavy (non-hydrogen) atoms. The monoisotopic (exact) mass is 571 g/mol. The predicted molar refractivity (Wildman–Crippen MR) is 153 cm³/mol. The van der Waals surface area contributed by atoms with Crippen molar-refractivity contribution in [3.63, 3.8) is 0 Å². The molecular weight excluding hydrogens is 543 g/mol. The van der Waals surface area contributed by atoms with Gasteiger partial charge in [-0.3, -0.25) is 0 Å². The number of fused-ring (bicyclic) bond motifs is 1. The SMILES string of the molecule is O=C(O)c1ccc(Cc2c(C3CCOCC3)n(-c3ccc(F)c(F)c3)c3cccc(OCc4ccccc4)c23)cc1F. The minimum atomic E-state index is -1.34. The molecule has 1 fully saturated rings. The lowest BCUT2D eigenvalue weighted by Gasteiger charge is -2.26. The molecule has 0 spiro atoms. The van der Waals surface area contributed by atoms with Crippen LogP contribution in [0, 0.1) is 17.5 Å². The summed E-state index contributed by atoms with van der Waals surface area (Å²) in [5, 5.41) is 10.1. The third-order valence-electron chi connectivity index (χ3n) is 7.75. The Balaban J connectivity index is 1.58. The van der Waals surface area contributed by atoms with E-state index < -0.39 is 29.0 Å². The molecule has 0 amide bonds. The molecule has 0 bridgehead atoms. The van der Waals surface area contributed by atoms with Crippen LogP contribution < -0.4 is 4.74 Å². The summed E-state index contributed by atoms with van der Waals surface area (Å²) < 4.78 is 57.4. The van der Waals surface area contributed by atoms with E-state index in [1.165, 1.54) is 18.2 Å². The maximum Gasteiger partial charge on any atom is 0.338 e. The van der Waals surface area contributed by atoms with Crippen LogP contribution in [0.25, 0.3) is 16.6 Å². The molecule has 4 aromatic carbocycles. The van der Waals surface area contributed by atoms with Gasteiger partial charge in [-0.15, -0.1) is 0 Å². The Labute approximate surface area is 240 Å². The summed E-state index contributed by atoms with van der Waals surface area (Å²) in [5.41, 5.74) is 4.09. The molecular formula is C34H28F3NO4. The van der Waals surface area contributed by atoms with Crippen molar-refractivity contribution >= 4 is 16.9 Å². The summed E-state index contributed by atoms with van der Waals surface area (Å²) in [7, 11) is 0. The number of ether oxygens (including phenoxy) is 2. The van der Waals surface area contributed by atoms with Gasteiger partial charge in [0, 0.05) is 48.4 Å². The second-order valence-corrected chi connectivity index (χ2v) is 10.4. The van der Waals surface area contributed by atoms with Crippen molar-refractivity contribution in [2.45, 2.75) is 31.8 Å². The van der Waals surface area contributed by atoms with Crippen molar-refractivity contribution in [2.24, 2.45) is 0 Å². The van der Waals surface area contributed by atoms with Crippen LogP contribution in [0.15, 0.2) is 84.9 Å². The Morgan fingerprint density at radius 3 is 2.36 bits per heavy atom. The van der Waals surface area contributed by atoms with Crippen LogP contribution >= 0.6 is 0 Å². The number of rotatable bonds is 8. The number of carboxylic acid groups (broad SMARTS) is 1. The third kappa shape index (κ3) is 5.37. The van der Waals surface area contributed by atoms with Crippen molar-refractivity contribution in [1.82, 2.24) is 4.57 Å². The van der Waals surface area contributed by atoms with E-state index >= 15 is 0 Å². The van der Waals surface area contributed by atoms with Crippen LogP contribution in [0.3, 0.4) is 0 Å². The zero-order valence-electron chi connectivity index (χ0n) is 22.7. The van der Waals surface area contributed by atoms with Crippen molar-refractivity contribution in [1.29, 1.82) is 0 Å². The lowest BCUT2D eigenvalue weighted by Crippen LogP contribution is -2.18. The van der Waals surface area contributed by atoms with E-state index in [0.717, 1.165) is 33.8 Å². The van der Waals surface area contributed by atoms with Gasteiger partial charge in [-0.05, 0) is 65.9 Å². The van der Waals surface area contributed by atoms with Crippen molar-refractivity contribution in [3.05, 3.63) is 130 Å². The van der Waals surface area contributed by atoms with Gasteiger partial charge in [-0.2, -0.15) is 0 Å². The molecule has 5 aromatic rings. The molecule has 0 radical (unpaired) electrons. The second-order valence-electron chi connectivity index (χ2n) is 10.4. The van der Waals surface area contributed by atoms with E-state index in [-0.39, 0.29) is 12.3 Å². The second kappa shape index (κ2) is 11.7. The molecule has 1 saturated heterocycles. The molecule has 1 aromatic heterocycles. The van der Waals surface area contributed by atoms with Crippen LogP contribution in [0.5, 0.6) is 5.75 Å². The summed E-state index contributed by atoms with van der Waals surface area (Å²) >= 11 is 0. The number of hydrogen-bond donors (Lipinski definition) is 1. The van der Waals surface area contributed by atoms with Crippen molar-refractivity contribution in [3.8, 4) is 11.4 Å². The highest BCUT2D eigenvalue weighted by Gasteiger charge is 2.29. The third-order valence-corrected chi connectivity index (χ3v) is 7.75. The van der Waals surface area contributed by atoms with Crippen LogP contribution in [0.4, 0.5) is 13.2 Å². The standard InChI is InChI=1S/C34H28F3NO4/c35-27-12-10-24(19-29(27)37)38-30-7-4-8-31(42-20-21-5-2-1-3-6-21)32(30)26(33(38)23-13-15-41-16-14-23)17-22-9-11-25(34(39)40)28(36)18-22/h1-12,18-19,23H,13-17,20H2,(H,39,40). The Bertz CT molecular complexity index is 1760. The van der Waals surface area contributed by atoms with E-state index in [1.807, 2.05) is 53.1 Å². The van der Waals surface area contributed by atoms with Crippen LogP contribution in [0.2, 0.25) is 0 Å². The quantitative estimate of drug-likeness (QED) is 0.206. The fourth-order valence-corrected chi connectivity index (χ4v) is 5.78. The van der Waals surface area contributed by atoms with E-state index in [4.69, 9.17) is 9.47 Å². The maximum atomic E-state index is 14.8. The minimum absolute atomic E-state index is 0.0133. The lowest BCUT2D eigenvalue weighted by atomic mass is 9.90. The van der Waals surface area contributed by atoms with E-state index in [2.05, 4.69) is 0 Å². The molecule has 1 aliphatic heterocycles. The molecule has 0 aliphatic carbocycles. The molecule has 2 heterocycles. The first-order valence-corrected chi connectivity index (χ1v) is 13.8. The molecule has 0 saturated carbocycles. The summed E-state index contributed by atoms with van der Waals surface area (Å²) in [6, 6.07) is 23.3. The van der Waals surface area contributed by atoms with Gasteiger partial charge >= 0.3 is 5.97 Å². The fraction of sp³-hybridized carbons (Fsp3) is 0.206. The van der Waals surface area contributed by atoms with E-state index in [1.54, 1.807) is 12.1 Å². The van der Waals surface area contributed by atoms with Gasteiger partial charge in [-0.25, -0.2) is 18.0 Å². The molecule has 6 rings (SSSR count). The number of nitrogens with zero attached hydrogens (tertiary/aromatic N) is 1. The summed E-state index contributed by atoms with van der Waals surface area (Å²) in [6.45, 7) is 1.40. The van der Waals surface area contributed by atoms with E-state index in [0.29, 0.717) is 49.7 Å². The molecule has 1 aliphatic rings. The normalized spacial score (nSPS) is 13.9. The lowest BCUT2D eigenvalue weighted by molar-refractivity contribution is 0.0692. The predicted octanol–water partition coefficient (Wildman–Crippen LogP) is 7.81. The molecule has 0 atom stereocenters.